The van der Waals surface area contributed by atoms with E-state index >= 15 is 0 Å². The topological polar surface area (TPSA) is 48.0 Å². The number of fused-ring (bicyclic) bond motifs is 3. The first-order chi connectivity index (χ1) is 8.24. The van der Waals surface area contributed by atoms with E-state index in [1.54, 1.807) is 0 Å². The van der Waals surface area contributed by atoms with Crippen LogP contribution in [0.25, 0.3) is 10.9 Å². The number of β-amino-alcohol motifs (C(OH)–C–C–N with tert-alkyl or cyclic N) is 1. The minimum Gasteiger partial charge on any atom is -0.384 e. The molecule has 1 aliphatic heterocycles. The lowest BCUT2D eigenvalue weighted by molar-refractivity contribution is 0.0207. The highest BCUT2D eigenvalue weighted by molar-refractivity contribution is 5.85. The van der Waals surface area contributed by atoms with Crippen LogP contribution < -0.4 is 5.32 Å². The van der Waals surface area contributed by atoms with E-state index in [1.165, 1.54) is 5.39 Å². The third kappa shape index (κ3) is 1.58. The number of aliphatic hydroxyl groups is 1. The van der Waals surface area contributed by atoms with Gasteiger partial charge in [0.1, 0.15) is 5.60 Å². The van der Waals surface area contributed by atoms with Gasteiger partial charge in [-0.05, 0) is 12.5 Å². The lowest BCUT2D eigenvalue weighted by Gasteiger charge is -2.33. The van der Waals surface area contributed by atoms with Crippen molar-refractivity contribution in [2.75, 3.05) is 6.54 Å². The first kappa shape index (κ1) is 10.8. The smallest absolute Gasteiger partial charge is 0.104 e. The molecular weight excluding hydrogens is 212 g/mol. The van der Waals surface area contributed by atoms with Gasteiger partial charge in [-0.1, -0.05) is 31.5 Å². The number of rotatable bonds is 2. The fourth-order valence-corrected chi connectivity index (χ4v) is 2.97. The summed E-state index contributed by atoms with van der Waals surface area (Å²) in [6.07, 6.45) is 1.78. The summed E-state index contributed by atoms with van der Waals surface area (Å²) >= 11 is 0. The number of nitrogens with one attached hydrogen (secondary N) is 2. The Bertz CT molecular complexity index is 546. The third-order valence-electron chi connectivity index (χ3n) is 3.63. The molecule has 0 saturated heterocycles. The number of para-hydroxylation sites is 1. The Labute approximate surface area is 101 Å². The Morgan fingerprint density at radius 3 is 3.00 bits per heavy atom. The fourth-order valence-electron chi connectivity index (χ4n) is 2.97. The second-order valence-electron chi connectivity index (χ2n) is 4.91. The summed E-state index contributed by atoms with van der Waals surface area (Å²) in [5.74, 6) is 0. The first-order valence-corrected chi connectivity index (χ1v) is 6.28. The lowest BCUT2D eigenvalue weighted by atomic mass is 9.85. The van der Waals surface area contributed by atoms with Gasteiger partial charge in [-0.25, -0.2) is 0 Å². The molecule has 0 bridgehead atoms. The minimum atomic E-state index is -0.720. The average molecular weight is 230 g/mol. The van der Waals surface area contributed by atoms with E-state index in [1.807, 2.05) is 12.1 Å². The van der Waals surface area contributed by atoms with Gasteiger partial charge in [0.2, 0.25) is 0 Å². The predicted molar refractivity (Wildman–Crippen MR) is 68.8 cm³/mol. The third-order valence-corrected chi connectivity index (χ3v) is 3.63. The minimum absolute atomic E-state index is 0.648. The van der Waals surface area contributed by atoms with Crippen molar-refractivity contribution in [2.24, 2.45) is 0 Å². The highest BCUT2D eigenvalue weighted by atomic mass is 16.3. The van der Waals surface area contributed by atoms with E-state index in [4.69, 9.17) is 0 Å². The van der Waals surface area contributed by atoms with Crippen molar-refractivity contribution in [2.45, 2.75) is 31.9 Å². The van der Waals surface area contributed by atoms with Crippen LogP contribution in [0, 0.1) is 0 Å². The van der Waals surface area contributed by atoms with Gasteiger partial charge in [-0.15, -0.1) is 0 Å². The van der Waals surface area contributed by atoms with Crippen LogP contribution >= 0.6 is 0 Å². The van der Waals surface area contributed by atoms with Gasteiger partial charge in [-0.3, -0.25) is 0 Å². The molecule has 3 nitrogen and oxygen atoms in total. The second kappa shape index (κ2) is 3.86. The van der Waals surface area contributed by atoms with Crippen molar-refractivity contribution in [3.8, 4) is 0 Å². The van der Waals surface area contributed by atoms with Crippen molar-refractivity contribution in [3.05, 3.63) is 35.5 Å². The zero-order valence-electron chi connectivity index (χ0n) is 10.1. The van der Waals surface area contributed by atoms with Gasteiger partial charge in [0.15, 0.2) is 0 Å². The number of H-pyrrole nitrogens is 1. The van der Waals surface area contributed by atoms with Crippen LogP contribution in [0.1, 0.15) is 31.0 Å². The molecule has 17 heavy (non-hydrogen) atoms. The molecule has 1 aromatic heterocycles. The first-order valence-electron chi connectivity index (χ1n) is 6.28. The van der Waals surface area contributed by atoms with Gasteiger partial charge in [0, 0.05) is 35.2 Å². The molecule has 0 radical (unpaired) electrons. The van der Waals surface area contributed by atoms with Crippen molar-refractivity contribution < 1.29 is 5.11 Å². The highest BCUT2D eigenvalue weighted by Gasteiger charge is 2.36. The normalized spacial score (nSPS) is 23.9. The monoisotopic (exact) mass is 230 g/mol. The van der Waals surface area contributed by atoms with Crippen molar-refractivity contribution in [1.82, 2.24) is 10.3 Å². The number of aromatic amines is 1. The summed E-state index contributed by atoms with van der Waals surface area (Å²) in [4.78, 5) is 3.41. The molecule has 2 heterocycles. The molecule has 1 atom stereocenters. The van der Waals surface area contributed by atoms with Crippen LogP contribution in [0.15, 0.2) is 24.3 Å². The van der Waals surface area contributed by atoms with Crippen LogP contribution in [0.4, 0.5) is 0 Å². The fraction of sp³-hybridized carbons (Fsp3) is 0.429. The van der Waals surface area contributed by atoms with E-state index in [0.717, 1.165) is 36.2 Å². The van der Waals surface area contributed by atoms with Crippen molar-refractivity contribution in [3.63, 3.8) is 0 Å². The zero-order chi connectivity index (χ0) is 11.9. The SMILES string of the molecule is CCCC1(O)CNCc2[nH]c3ccccc3c21. The maximum atomic E-state index is 10.8. The van der Waals surface area contributed by atoms with Gasteiger partial charge in [0.25, 0.3) is 0 Å². The van der Waals surface area contributed by atoms with Gasteiger partial charge < -0.3 is 15.4 Å². The summed E-state index contributed by atoms with van der Waals surface area (Å²) in [6.45, 7) is 3.58. The summed E-state index contributed by atoms with van der Waals surface area (Å²) in [6, 6.07) is 8.22. The molecule has 0 spiro atoms. The molecule has 2 aromatic rings. The largest absolute Gasteiger partial charge is 0.384 e. The van der Waals surface area contributed by atoms with Crippen molar-refractivity contribution >= 4 is 10.9 Å². The van der Waals surface area contributed by atoms with Crippen LogP contribution in [0.5, 0.6) is 0 Å². The standard InChI is InChI=1S/C14H18N2O/c1-2-7-14(17)9-15-8-12-13(14)10-5-3-4-6-11(10)16-12/h3-6,15-17H,2,7-9H2,1H3. The molecule has 0 amide bonds. The second-order valence-corrected chi connectivity index (χ2v) is 4.91. The Hall–Kier alpha value is -1.32. The Morgan fingerprint density at radius 1 is 1.35 bits per heavy atom. The average Bonchev–Trinajstić information content (AvgIpc) is 2.69. The molecule has 90 valence electrons. The molecule has 1 aliphatic rings. The summed E-state index contributed by atoms with van der Waals surface area (Å²) in [7, 11) is 0. The van der Waals surface area contributed by atoms with E-state index < -0.39 is 5.60 Å². The molecule has 1 unspecified atom stereocenters. The summed E-state index contributed by atoms with van der Waals surface area (Å²) < 4.78 is 0. The summed E-state index contributed by atoms with van der Waals surface area (Å²) in [5.41, 5.74) is 2.64. The molecule has 0 saturated carbocycles. The van der Waals surface area contributed by atoms with E-state index in [9.17, 15) is 5.11 Å². The number of aromatic nitrogens is 1. The predicted octanol–water partition coefficient (Wildman–Crippen LogP) is 2.26. The van der Waals surface area contributed by atoms with Crippen LogP contribution in [0.2, 0.25) is 0 Å². The van der Waals surface area contributed by atoms with Gasteiger partial charge in [0.05, 0.1) is 0 Å². The number of hydrogen-bond donors (Lipinski definition) is 3. The van der Waals surface area contributed by atoms with Crippen LogP contribution in [-0.4, -0.2) is 16.6 Å². The molecule has 1 aromatic carbocycles. The number of benzene rings is 1. The number of hydrogen-bond acceptors (Lipinski definition) is 2. The maximum absolute atomic E-state index is 10.8. The van der Waals surface area contributed by atoms with E-state index in [-0.39, 0.29) is 0 Å². The van der Waals surface area contributed by atoms with Crippen LogP contribution in [-0.2, 0) is 12.1 Å². The molecule has 3 rings (SSSR count). The van der Waals surface area contributed by atoms with Gasteiger partial charge in [-0.2, -0.15) is 0 Å². The highest BCUT2D eigenvalue weighted by Crippen LogP contribution is 2.37. The molecule has 3 heteroatoms. The summed E-state index contributed by atoms with van der Waals surface area (Å²) in [5, 5.41) is 15.3. The maximum Gasteiger partial charge on any atom is 0.104 e. The van der Waals surface area contributed by atoms with E-state index in [0.29, 0.717) is 6.54 Å². The van der Waals surface area contributed by atoms with E-state index in [2.05, 4.69) is 29.4 Å². The molecule has 3 N–H and O–H groups in total. The van der Waals surface area contributed by atoms with Gasteiger partial charge >= 0.3 is 0 Å². The van der Waals surface area contributed by atoms with Crippen LogP contribution in [0.3, 0.4) is 0 Å². The zero-order valence-corrected chi connectivity index (χ0v) is 10.1. The van der Waals surface area contributed by atoms with Crippen molar-refractivity contribution in [1.29, 1.82) is 0 Å². The lowest BCUT2D eigenvalue weighted by Crippen LogP contribution is -2.42. The molecule has 0 aliphatic carbocycles. The Morgan fingerprint density at radius 2 is 2.18 bits per heavy atom. The molecule has 0 fully saturated rings. The Kier molecular flexibility index (Phi) is 2.45. The molecular formula is C14H18N2O. The quantitative estimate of drug-likeness (QED) is 0.741. The Balaban J connectivity index is 2.24.